The largest absolute Gasteiger partial charge is 0.480 e. The maximum Gasteiger partial charge on any atom is 0.326 e. The fraction of sp³-hybridized carbons (Fsp3) is 0.438. The van der Waals surface area contributed by atoms with Gasteiger partial charge in [-0.25, -0.2) is 4.79 Å². The first-order valence-electron chi connectivity index (χ1n) is 7.45. The number of nitrogens with zero attached hydrogens (tertiary/aromatic N) is 1. The third-order valence-corrected chi connectivity index (χ3v) is 4.12. The number of carbonyl (C=O) groups is 3. The van der Waals surface area contributed by atoms with Crippen molar-refractivity contribution in [3.8, 4) is 0 Å². The number of carboxylic acid groups (broad SMARTS) is 1. The third kappa shape index (κ3) is 3.82. The first-order chi connectivity index (χ1) is 10.8. The van der Waals surface area contributed by atoms with Gasteiger partial charge in [0.25, 0.3) is 5.91 Å². The van der Waals surface area contributed by atoms with Crippen molar-refractivity contribution in [3.63, 3.8) is 0 Å². The van der Waals surface area contributed by atoms with Gasteiger partial charge in [0, 0.05) is 18.2 Å². The Morgan fingerprint density at radius 3 is 2.65 bits per heavy atom. The Kier molecular flexibility index (Phi) is 5.26. The SMILES string of the molecule is CC(C)C(=O)Nc1ccc(Cl)c(C(=O)N2CCC[C@H]2C(=O)O)c1. The normalized spacial score (nSPS) is 17.4. The Bertz CT molecular complexity index is 645. The van der Waals surface area contributed by atoms with Gasteiger partial charge in [-0.05, 0) is 31.0 Å². The van der Waals surface area contributed by atoms with E-state index >= 15 is 0 Å². The van der Waals surface area contributed by atoms with Crippen LogP contribution < -0.4 is 5.32 Å². The number of anilines is 1. The summed E-state index contributed by atoms with van der Waals surface area (Å²) in [6, 6.07) is 3.80. The van der Waals surface area contributed by atoms with Gasteiger partial charge >= 0.3 is 5.97 Å². The number of benzene rings is 1. The van der Waals surface area contributed by atoms with Crippen molar-refractivity contribution in [3.05, 3.63) is 28.8 Å². The Balaban J connectivity index is 2.26. The van der Waals surface area contributed by atoms with Crippen LogP contribution >= 0.6 is 11.6 Å². The zero-order chi connectivity index (χ0) is 17.1. The number of aliphatic carboxylic acids is 1. The molecule has 0 aromatic heterocycles. The summed E-state index contributed by atoms with van der Waals surface area (Å²) in [5, 5.41) is 12.1. The molecule has 6 nitrogen and oxygen atoms in total. The highest BCUT2D eigenvalue weighted by Crippen LogP contribution is 2.26. The summed E-state index contributed by atoms with van der Waals surface area (Å²) in [4.78, 5) is 36.9. The molecule has 1 saturated heterocycles. The number of likely N-dealkylation sites (tertiary alicyclic amines) is 1. The van der Waals surface area contributed by atoms with Crippen LogP contribution in [-0.4, -0.2) is 40.4 Å². The molecule has 0 spiro atoms. The van der Waals surface area contributed by atoms with E-state index in [9.17, 15) is 19.5 Å². The van der Waals surface area contributed by atoms with Gasteiger partial charge in [-0.3, -0.25) is 9.59 Å². The molecule has 124 valence electrons. The fourth-order valence-electron chi connectivity index (χ4n) is 2.47. The first kappa shape index (κ1) is 17.3. The number of amides is 2. The average Bonchev–Trinajstić information content (AvgIpc) is 2.98. The lowest BCUT2D eigenvalue weighted by atomic mass is 10.1. The topological polar surface area (TPSA) is 86.7 Å². The van der Waals surface area contributed by atoms with E-state index in [4.69, 9.17) is 11.6 Å². The monoisotopic (exact) mass is 338 g/mol. The van der Waals surface area contributed by atoms with Crippen LogP contribution in [0.15, 0.2) is 18.2 Å². The Morgan fingerprint density at radius 1 is 1.35 bits per heavy atom. The van der Waals surface area contributed by atoms with Crippen molar-refractivity contribution in [1.29, 1.82) is 0 Å². The predicted octanol–water partition coefficient (Wildman–Crippen LogP) is 2.62. The molecule has 1 aromatic rings. The average molecular weight is 339 g/mol. The zero-order valence-corrected chi connectivity index (χ0v) is 13.8. The molecule has 0 bridgehead atoms. The molecule has 0 radical (unpaired) electrons. The van der Waals surface area contributed by atoms with Gasteiger partial charge in [0.15, 0.2) is 0 Å². The lowest BCUT2D eigenvalue weighted by Gasteiger charge is -2.22. The summed E-state index contributed by atoms with van der Waals surface area (Å²) in [7, 11) is 0. The molecule has 0 unspecified atom stereocenters. The molecule has 1 fully saturated rings. The number of halogens is 1. The summed E-state index contributed by atoms with van der Waals surface area (Å²) in [5.74, 6) is -1.81. The third-order valence-electron chi connectivity index (χ3n) is 3.79. The van der Waals surface area contributed by atoms with Crippen molar-refractivity contribution in [2.45, 2.75) is 32.7 Å². The van der Waals surface area contributed by atoms with Crippen molar-refractivity contribution in [2.75, 3.05) is 11.9 Å². The second-order valence-corrected chi connectivity index (χ2v) is 6.24. The summed E-state index contributed by atoms with van der Waals surface area (Å²) >= 11 is 6.09. The highest BCUT2D eigenvalue weighted by molar-refractivity contribution is 6.34. The predicted molar refractivity (Wildman–Crippen MR) is 86.6 cm³/mol. The van der Waals surface area contributed by atoms with Crippen molar-refractivity contribution < 1.29 is 19.5 Å². The summed E-state index contributed by atoms with van der Waals surface area (Å²) < 4.78 is 0. The lowest BCUT2D eigenvalue weighted by molar-refractivity contribution is -0.141. The van der Waals surface area contributed by atoms with Gasteiger partial charge in [0.1, 0.15) is 6.04 Å². The molecule has 1 heterocycles. The standard InChI is InChI=1S/C16H19ClN2O4/c1-9(2)14(20)18-10-5-6-12(17)11(8-10)15(21)19-7-3-4-13(19)16(22)23/h5-6,8-9,13H,3-4,7H2,1-2H3,(H,18,20)(H,22,23)/t13-/m0/s1. The van der Waals surface area contributed by atoms with Crippen molar-refractivity contribution in [1.82, 2.24) is 4.90 Å². The Morgan fingerprint density at radius 2 is 2.04 bits per heavy atom. The zero-order valence-electron chi connectivity index (χ0n) is 13.0. The van der Waals surface area contributed by atoms with E-state index in [2.05, 4.69) is 5.32 Å². The number of nitrogens with one attached hydrogen (secondary N) is 1. The van der Waals surface area contributed by atoms with E-state index in [1.807, 2.05) is 0 Å². The molecule has 1 atom stereocenters. The number of hydrogen-bond donors (Lipinski definition) is 2. The molecule has 0 saturated carbocycles. The van der Waals surface area contributed by atoms with Crippen molar-refractivity contribution >= 4 is 35.1 Å². The summed E-state index contributed by atoms with van der Waals surface area (Å²) in [5.41, 5.74) is 0.656. The second kappa shape index (κ2) is 7.00. The molecule has 1 aliphatic rings. The van der Waals surface area contributed by atoms with Crippen LogP contribution in [0, 0.1) is 5.92 Å². The summed E-state index contributed by atoms with van der Waals surface area (Å²) in [6.45, 7) is 3.91. The number of rotatable bonds is 4. The molecule has 7 heteroatoms. The van der Waals surface area contributed by atoms with E-state index in [1.54, 1.807) is 19.9 Å². The van der Waals surface area contributed by atoms with Crippen LogP contribution in [-0.2, 0) is 9.59 Å². The highest BCUT2D eigenvalue weighted by atomic mass is 35.5. The van der Waals surface area contributed by atoms with E-state index < -0.39 is 17.9 Å². The van der Waals surface area contributed by atoms with E-state index in [0.29, 0.717) is 25.1 Å². The molecular formula is C16H19ClN2O4. The molecule has 2 rings (SSSR count). The van der Waals surface area contributed by atoms with Crippen molar-refractivity contribution in [2.24, 2.45) is 5.92 Å². The molecule has 1 aromatic carbocycles. The lowest BCUT2D eigenvalue weighted by Crippen LogP contribution is -2.40. The molecule has 2 amide bonds. The molecule has 2 N–H and O–H groups in total. The van der Waals surface area contributed by atoms with Gasteiger partial charge in [0.2, 0.25) is 5.91 Å². The smallest absolute Gasteiger partial charge is 0.326 e. The van der Waals surface area contributed by atoms with Gasteiger partial charge in [-0.15, -0.1) is 0 Å². The van der Waals surface area contributed by atoms with Crippen LogP contribution in [0.4, 0.5) is 5.69 Å². The summed E-state index contributed by atoms with van der Waals surface area (Å²) in [6.07, 6.45) is 1.08. The number of carboxylic acids is 1. The first-order valence-corrected chi connectivity index (χ1v) is 7.83. The van der Waals surface area contributed by atoms with Crippen LogP contribution in [0.25, 0.3) is 0 Å². The Labute approximate surface area is 139 Å². The molecule has 23 heavy (non-hydrogen) atoms. The van der Waals surface area contributed by atoms with Gasteiger partial charge < -0.3 is 15.3 Å². The minimum Gasteiger partial charge on any atom is -0.480 e. The highest BCUT2D eigenvalue weighted by Gasteiger charge is 2.35. The molecule has 0 aliphatic carbocycles. The van der Waals surface area contributed by atoms with Gasteiger partial charge in [-0.1, -0.05) is 25.4 Å². The molecular weight excluding hydrogens is 320 g/mol. The van der Waals surface area contributed by atoms with Crippen LogP contribution in [0.5, 0.6) is 0 Å². The minimum atomic E-state index is -1.02. The van der Waals surface area contributed by atoms with Gasteiger partial charge in [0.05, 0.1) is 10.6 Å². The maximum atomic E-state index is 12.6. The molecule has 1 aliphatic heterocycles. The minimum absolute atomic E-state index is 0.171. The second-order valence-electron chi connectivity index (χ2n) is 5.83. The van der Waals surface area contributed by atoms with Crippen LogP contribution in [0.3, 0.4) is 0 Å². The number of carbonyl (C=O) groups excluding carboxylic acids is 2. The fourth-order valence-corrected chi connectivity index (χ4v) is 2.67. The van der Waals surface area contributed by atoms with E-state index in [-0.39, 0.29) is 22.4 Å². The van der Waals surface area contributed by atoms with Gasteiger partial charge in [-0.2, -0.15) is 0 Å². The van der Waals surface area contributed by atoms with Crippen LogP contribution in [0.2, 0.25) is 5.02 Å². The number of hydrogen-bond acceptors (Lipinski definition) is 3. The van der Waals surface area contributed by atoms with Crippen LogP contribution in [0.1, 0.15) is 37.0 Å². The van der Waals surface area contributed by atoms with E-state index in [1.165, 1.54) is 17.0 Å². The Hall–Kier alpha value is -2.08. The quantitative estimate of drug-likeness (QED) is 0.883. The van der Waals surface area contributed by atoms with E-state index in [0.717, 1.165) is 0 Å². The maximum absolute atomic E-state index is 12.6.